The number of alkyl carbamates (subject to hydrolysis) is 1. The summed E-state index contributed by atoms with van der Waals surface area (Å²) in [5.41, 5.74) is 1.23. The molecule has 35 heavy (non-hydrogen) atoms. The van der Waals surface area contributed by atoms with Crippen LogP contribution in [0.2, 0.25) is 0 Å². The first-order chi connectivity index (χ1) is 16.0. The maximum absolute atomic E-state index is 12.8. The van der Waals surface area contributed by atoms with Crippen LogP contribution in [0, 0.1) is 5.92 Å². The van der Waals surface area contributed by atoms with Crippen LogP contribution in [0.4, 0.5) is 4.79 Å². The lowest BCUT2D eigenvalue weighted by molar-refractivity contribution is -0.0179. The average molecular weight is 508 g/mol. The third kappa shape index (κ3) is 8.25. The van der Waals surface area contributed by atoms with Gasteiger partial charge in [-0.25, -0.2) is 23.2 Å². The second kappa shape index (κ2) is 10.1. The first-order valence-corrected chi connectivity index (χ1v) is 13.3. The largest absolute Gasteiger partial charge is 0.444 e. The zero-order chi connectivity index (χ0) is 26.2. The number of ether oxygens (including phenoxy) is 2. The van der Waals surface area contributed by atoms with Crippen LogP contribution in [-0.4, -0.2) is 47.5 Å². The van der Waals surface area contributed by atoms with Crippen LogP contribution in [0.1, 0.15) is 98.5 Å². The number of carbonyl (C=O) groups is 1. The molecule has 1 unspecified atom stereocenters. The Morgan fingerprint density at radius 1 is 1.14 bits per heavy atom. The van der Waals surface area contributed by atoms with Crippen molar-refractivity contribution < 1.29 is 18.5 Å². The Balaban J connectivity index is 1.87. The summed E-state index contributed by atoms with van der Waals surface area (Å²) in [5, 5.41) is 7.45. The summed E-state index contributed by atoms with van der Waals surface area (Å²) in [7, 11) is -1.19. The summed E-state index contributed by atoms with van der Waals surface area (Å²) in [4.78, 5) is 17.3. The molecule has 1 fully saturated rings. The van der Waals surface area contributed by atoms with Crippen molar-refractivity contribution in [3.05, 3.63) is 29.7 Å². The van der Waals surface area contributed by atoms with Gasteiger partial charge in [-0.15, -0.1) is 0 Å². The number of carbonyl (C=O) groups excluding carboxylic acids is 1. The van der Waals surface area contributed by atoms with Crippen LogP contribution in [0.25, 0.3) is 5.65 Å². The van der Waals surface area contributed by atoms with Gasteiger partial charge >= 0.3 is 6.09 Å². The molecule has 1 amide bonds. The summed E-state index contributed by atoms with van der Waals surface area (Å²) in [6.45, 7) is 17.4. The number of fused-ring (bicyclic) bond motifs is 1. The first kappa shape index (κ1) is 27.5. The average Bonchev–Trinajstić information content (AvgIpc) is 3.44. The van der Waals surface area contributed by atoms with E-state index in [9.17, 15) is 9.00 Å². The Kier molecular flexibility index (Phi) is 7.98. The Morgan fingerprint density at radius 2 is 1.80 bits per heavy atom. The van der Waals surface area contributed by atoms with Gasteiger partial charge in [-0.1, -0.05) is 0 Å². The molecule has 2 aromatic rings. The number of amides is 1. The summed E-state index contributed by atoms with van der Waals surface area (Å²) in [6.07, 6.45) is 5.25. The van der Waals surface area contributed by atoms with E-state index < -0.39 is 28.7 Å². The fourth-order valence-corrected chi connectivity index (χ4v) is 4.30. The van der Waals surface area contributed by atoms with Gasteiger partial charge in [-0.2, -0.15) is 5.10 Å². The zero-order valence-electron chi connectivity index (χ0n) is 22.5. The molecular weight excluding hydrogens is 466 g/mol. The van der Waals surface area contributed by atoms with Gasteiger partial charge in [0.25, 0.3) is 0 Å². The van der Waals surface area contributed by atoms with Crippen LogP contribution < -0.4 is 10.0 Å². The van der Waals surface area contributed by atoms with Gasteiger partial charge in [0, 0.05) is 6.04 Å². The van der Waals surface area contributed by atoms with Crippen molar-refractivity contribution >= 4 is 22.7 Å². The monoisotopic (exact) mass is 507 g/mol. The highest BCUT2D eigenvalue weighted by atomic mass is 32.2. The van der Waals surface area contributed by atoms with E-state index >= 15 is 0 Å². The molecule has 0 aliphatic heterocycles. The van der Waals surface area contributed by atoms with E-state index in [4.69, 9.17) is 14.5 Å². The number of aromatic nitrogens is 3. The van der Waals surface area contributed by atoms with Crippen molar-refractivity contribution in [2.24, 2.45) is 5.92 Å². The lowest BCUT2D eigenvalue weighted by Gasteiger charge is -2.26. The number of rotatable bonds is 8. The molecule has 3 atom stereocenters. The molecule has 0 radical (unpaired) electrons. The highest BCUT2D eigenvalue weighted by Crippen LogP contribution is 2.41. The van der Waals surface area contributed by atoms with Gasteiger partial charge in [-0.3, -0.25) is 0 Å². The van der Waals surface area contributed by atoms with Crippen molar-refractivity contribution in [3.8, 4) is 0 Å². The second-order valence-electron chi connectivity index (χ2n) is 12.2. The standard InChI is InChI=1S/C25H41N5O4S/c1-23(2,3)33-15-19(28-22(31)34-24(4,5)6)18-14-30-20(27-18)12-17(13-26-30)21(16-10-11-16)29-35(32)25(7,8)9/h12-14,16,19,21,29H,10-11,15H2,1-9H3,(H,28,31)/t19-,21+,35?/m0/s1. The van der Waals surface area contributed by atoms with Crippen molar-refractivity contribution in [1.29, 1.82) is 0 Å². The lowest BCUT2D eigenvalue weighted by Crippen LogP contribution is -2.38. The molecule has 2 aromatic heterocycles. The molecule has 196 valence electrons. The molecule has 1 aliphatic rings. The number of hydrogen-bond acceptors (Lipinski definition) is 6. The summed E-state index contributed by atoms with van der Waals surface area (Å²) in [5.74, 6) is 0.432. The predicted octanol–water partition coefficient (Wildman–Crippen LogP) is 4.61. The van der Waals surface area contributed by atoms with Crippen molar-refractivity contribution in [3.63, 3.8) is 0 Å². The van der Waals surface area contributed by atoms with Crippen molar-refractivity contribution in [2.75, 3.05) is 6.61 Å². The fraction of sp³-hybridized carbons (Fsp3) is 0.720. The van der Waals surface area contributed by atoms with Gasteiger partial charge in [0.05, 0.1) is 52.1 Å². The van der Waals surface area contributed by atoms with E-state index in [-0.39, 0.29) is 23.0 Å². The van der Waals surface area contributed by atoms with Crippen LogP contribution in [0.15, 0.2) is 18.5 Å². The first-order valence-electron chi connectivity index (χ1n) is 12.2. The highest BCUT2D eigenvalue weighted by Gasteiger charge is 2.36. The molecule has 0 bridgehead atoms. The number of nitrogens with zero attached hydrogens (tertiary/aromatic N) is 3. The third-order valence-corrected chi connectivity index (χ3v) is 6.91. The van der Waals surface area contributed by atoms with Crippen LogP contribution in [0.5, 0.6) is 0 Å². The summed E-state index contributed by atoms with van der Waals surface area (Å²) >= 11 is 0. The van der Waals surface area contributed by atoms with E-state index in [0.29, 0.717) is 17.3 Å². The molecule has 0 spiro atoms. The van der Waals surface area contributed by atoms with Crippen LogP contribution in [0.3, 0.4) is 0 Å². The van der Waals surface area contributed by atoms with Crippen LogP contribution in [-0.2, 0) is 20.5 Å². The quantitative estimate of drug-likeness (QED) is 0.540. The SMILES string of the molecule is CC(C)(C)OC[C@H](NC(=O)OC(C)(C)C)c1cn2ncc([C@H](NS(=O)C(C)(C)C)C3CC3)cc2n1. The minimum atomic E-state index is -1.19. The fourth-order valence-electron chi connectivity index (χ4n) is 3.39. The van der Waals surface area contributed by atoms with Gasteiger partial charge in [0.15, 0.2) is 5.65 Å². The topological polar surface area (TPSA) is 107 Å². The molecule has 1 aliphatic carbocycles. The molecule has 9 nitrogen and oxygen atoms in total. The molecule has 2 N–H and O–H groups in total. The Bertz CT molecular complexity index is 1060. The molecule has 2 heterocycles. The van der Waals surface area contributed by atoms with Crippen molar-refractivity contribution in [2.45, 2.75) is 103 Å². The molecule has 0 aromatic carbocycles. The highest BCUT2D eigenvalue weighted by molar-refractivity contribution is 7.84. The maximum atomic E-state index is 12.8. The molecule has 1 saturated carbocycles. The van der Waals surface area contributed by atoms with Crippen LogP contribution >= 0.6 is 0 Å². The predicted molar refractivity (Wildman–Crippen MR) is 137 cm³/mol. The Hall–Kier alpha value is -2.04. The minimum Gasteiger partial charge on any atom is -0.444 e. The second-order valence-corrected chi connectivity index (χ2v) is 14.2. The molecule has 3 rings (SSSR count). The minimum absolute atomic E-state index is 0.0485. The van der Waals surface area contributed by atoms with E-state index in [0.717, 1.165) is 18.4 Å². The van der Waals surface area contributed by atoms with Gasteiger partial charge in [0.2, 0.25) is 0 Å². The lowest BCUT2D eigenvalue weighted by atomic mass is 10.1. The van der Waals surface area contributed by atoms with Gasteiger partial charge < -0.3 is 14.8 Å². The smallest absolute Gasteiger partial charge is 0.408 e. The third-order valence-electron chi connectivity index (χ3n) is 5.33. The Morgan fingerprint density at radius 3 is 2.34 bits per heavy atom. The number of hydrogen-bond donors (Lipinski definition) is 2. The molecular formula is C25H41N5O4S. The van der Waals surface area contributed by atoms with E-state index in [1.807, 2.05) is 68.4 Å². The number of imidazole rings is 1. The molecule has 10 heteroatoms. The van der Waals surface area contributed by atoms with Crippen molar-refractivity contribution in [1.82, 2.24) is 24.6 Å². The van der Waals surface area contributed by atoms with Gasteiger partial charge in [0.1, 0.15) is 5.60 Å². The van der Waals surface area contributed by atoms with E-state index in [1.54, 1.807) is 16.9 Å². The summed E-state index contributed by atoms with van der Waals surface area (Å²) in [6, 6.07) is 1.41. The normalized spacial score (nSPS) is 17.7. The summed E-state index contributed by atoms with van der Waals surface area (Å²) < 4.78 is 28.8. The zero-order valence-corrected chi connectivity index (χ0v) is 23.3. The molecule has 0 saturated heterocycles. The van der Waals surface area contributed by atoms with E-state index in [2.05, 4.69) is 15.1 Å². The van der Waals surface area contributed by atoms with Gasteiger partial charge in [-0.05, 0) is 92.7 Å². The van der Waals surface area contributed by atoms with E-state index in [1.165, 1.54) is 0 Å². The Labute approximate surface area is 211 Å². The number of nitrogens with one attached hydrogen (secondary N) is 2. The maximum Gasteiger partial charge on any atom is 0.408 e.